The van der Waals surface area contributed by atoms with Gasteiger partial charge in [0, 0.05) is 14.0 Å². The Morgan fingerprint density at radius 2 is 1.85 bits per heavy atom. The molecule has 13 heavy (non-hydrogen) atoms. The molecule has 0 N–H and O–H groups in total. The highest BCUT2D eigenvalue weighted by molar-refractivity contribution is 7.91. The molecule has 0 aromatic carbocycles. The van der Waals surface area contributed by atoms with E-state index in [2.05, 4.69) is 0 Å². The van der Waals surface area contributed by atoms with E-state index in [1.807, 2.05) is 0 Å². The van der Waals surface area contributed by atoms with Crippen LogP contribution in [0.4, 0.5) is 0 Å². The predicted octanol–water partition coefficient (Wildman–Crippen LogP) is -0.639. The fraction of sp³-hybridized carbons (Fsp3) is 0.857. The molecule has 0 radical (unpaired) electrons. The van der Waals surface area contributed by atoms with Crippen LogP contribution < -0.4 is 0 Å². The van der Waals surface area contributed by atoms with Crippen molar-refractivity contribution >= 4 is 15.8 Å². The van der Waals surface area contributed by atoms with Crippen LogP contribution in [0.2, 0.25) is 0 Å². The maximum absolute atomic E-state index is 11.1. The van der Waals surface area contributed by atoms with Crippen molar-refractivity contribution in [2.45, 2.75) is 19.1 Å². The molecule has 1 heterocycles. The van der Waals surface area contributed by atoms with Crippen LogP contribution in [0.1, 0.15) is 6.92 Å². The van der Waals surface area contributed by atoms with Crippen LogP contribution in [0.15, 0.2) is 0 Å². The Hall–Kier alpha value is -0.620. The second-order valence-electron chi connectivity index (χ2n) is 3.00. The lowest BCUT2D eigenvalue weighted by atomic mass is 10.2. The molecule has 0 bridgehead atoms. The van der Waals surface area contributed by atoms with Gasteiger partial charge in [0.2, 0.25) is 0 Å². The van der Waals surface area contributed by atoms with Gasteiger partial charge < -0.3 is 9.47 Å². The van der Waals surface area contributed by atoms with Crippen LogP contribution >= 0.6 is 0 Å². The Labute approximate surface area is 76.9 Å². The molecule has 6 heteroatoms. The first kappa shape index (κ1) is 10.5. The first-order valence-corrected chi connectivity index (χ1v) is 5.67. The molecule has 5 nitrogen and oxygen atoms in total. The summed E-state index contributed by atoms with van der Waals surface area (Å²) in [4.78, 5) is 10.6. The van der Waals surface area contributed by atoms with E-state index in [0.717, 1.165) is 0 Å². The molecule has 0 aromatic rings. The number of ether oxygens (including phenoxy) is 2. The average molecular weight is 208 g/mol. The fourth-order valence-corrected chi connectivity index (χ4v) is 3.10. The van der Waals surface area contributed by atoms with Gasteiger partial charge in [0.1, 0.15) is 12.2 Å². The predicted molar refractivity (Wildman–Crippen MR) is 45.0 cm³/mol. The van der Waals surface area contributed by atoms with E-state index in [1.165, 1.54) is 14.0 Å². The van der Waals surface area contributed by atoms with E-state index in [9.17, 15) is 13.2 Å². The molecule has 2 atom stereocenters. The van der Waals surface area contributed by atoms with E-state index >= 15 is 0 Å². The lowest BCUT2D eigenvalue weighted by Crippen LogP contribution is -2.30. The number of esters is 1. The number of carbonyl (C=O) groups is 1. The number of methoxy groups -OCH3 is 1. The third-order valence-corrected chi connectivity index (χ3v) is 3.54. The van der Waals surface area contributed by atoms with Gasteiger partial charge in [-0.2, -0.15) is 0 Å². The van der Waals surface area contributed by atoms with Crippen molar-refractivity contribution in [1.82, 2.24) is 0 Å². The summed E-state index contributed by atoms with van der Waals surface area (Å²) in [5.74, 6) is -0.684. The number of sulfone groups is 1. The summed E-state index contributed by atoms with van der Waals surface area (Å²) >= 11 is 0. The second kappa shape index (κ2) is 3.63. The average Bonchev–Trinajstić information content (AvgIpc) is 2.24. The molecule has 0 saturated carbocycles. The minimum Gasteiger partial charge on any atom is -0.459 e. The number of rotatable bonds is 2. The smallest absolute Gasteiger partial charge is 0.303 e. The van der Waals surface area contributed by atoms with Crippen LogP contribution in [0.3, 0.4) is 0 Å². The van der Waals surface area contributed by atoms with Crippen molar-refractivity contribution in [2.75, 3.05) is 18.6 Å². The molecule has 76 valence electrons. The van der Waals surface area contributed by atoms with E-state index in [0.29, 0.717) is 0 Å². The molecule has 1 saturated heterocycles. The monoisotopic (exact) mass is 208 g/mol. The van der Waals surface area contributed by atoms with Crippen LogP contribution in [0.5, 0.6) is 0 Å². The molecular weight excluding hydrogens is 196 g/mol. The summed E-state index contributed by atoms with van der Waals surface area (Å²) < 4.78 is 32.0. The summed E-state index contributed by atoms with van der Waals surface area (Å²) in [6.07, 6.45) is -1.17. The molecule has 1 aliphatic rings. The van der Waals surface area contributed by atoms with Crippen LogP contribution in [-0.4, -0.2) is 45.2 Å². The summed E-state index contributed by atoms with van der Waals surface area (Å²) in [6, 6.07) is 0. The van der Waals surface area contributed by atoms with Gasteiger partial charge in [-0.05, 0) is 0 Å². The zero-order chi connectivity index (χ0) is 10.1. The highest BCUT2D eigenvalue weighted by Crippen LogP contribution is 2.18. The largest absolute Gasteiger partial charge is 0.459 e. The van der Waals surface area contributed by atoms with Gasteiger partial charge in [-0.3, -0.25) is 4.79 Å². The number of hydrogen-bond acceptors (Lipinski definition) is 5. The Balaban J connectivity index is 2.69. The van der Waals surface area contributed by atoms with E-state index < -0.39 is 28.0 Å². The lowest BCUT2D eigenvalue weighted by molar-refractivity contribution is -0.150. The van der Waals surface area contributed by atoms with Gasteiger partial charge in [0.25, 0.3) is 0 Å². The lowest BCUT2D eigenvalue weighted by Gasteiger charge is -2.15. The number of hydrogen-bond donors (Lipinski definition) is 0. The zero-order valence-corrected chi connectivity index (χ0v) is 8.33. The third kappa shape index (κ3) is 2.67. The van der Waals surface area contributed by atoms with Crippen LogP contribution in [0.25, 0.3) is 0 Å². The fourth-order valence-electron chi connectivity index (χ4n) is 1.33. The number of carbonyl (C=O) groups excluding carboxylic acids is 1. The molecular formula is C7H12O5S. The maximum Gasteiger partial charge on any atom is 0.303 e. The third-order valence-electron chi connectivity index (χ3n) is 1.87. The van der Waals surface area contributed by atoms with Gasteiger partial charge in [-0.15, -0.1) is 0 Å². The van der Waals surface area contributed by atoms with Crippen molar-refractivity contribution in [3.05, 3.63) is 0 Å². The van der Waals surface area contributed by atoms with E-state index in [4.69, 9.17) is 9.47 Å². The molecule has 0 aromatic heterocycles. The summed E-state index contributed by atoms with van der Waals surface area (Å²) in [7, 11) is -1.70. The van der Waals surface area contributed by atoms with Gasteiger partial charge >= 0.3 is 5.97 Å². The minimum atomic E-state index is -3.10. The summed E-state index contributed by atoms with van der Waals surface area (Å²) in [5, 5.41) is 0. The second-order valence-corrected chi connectivity index (χ2v) is 5.15. The molecule has 0 amide bonds. The van der Waals surface area contributed by atoms with Gasteiger partial charge in [-0.25, -0.2) is 8.42 Å². The van der Waals surface area contributed by atoms with Gasteiger partial charge in [-0.1, -0.05) is 0 Å². The first-order valence-electron chi connectivity index (χ1n) is 3.85. The van der Waals surface area contributed by atoms with Crippen molar-refractivity contribution in [2.24, 2.45) is 0 Å². The Kier molecular flexibility index (Phi) is 2.92. The van der Waals surface area contributed by atoms with Crippen molar-refractivity contribution in [3.8, 4) is 0 Å². The zero-order valence-electron chi connectivity index (χ0n) is 7.52. The standard InChI is InChI=1S/C7H12O5S/c1-5(8)12-7-4-13(9,10)3-6(7)11-2/h6-7H,3-4H2,1-2H3/t6-,7-/m1/s1. The van der Waals surface area contributed by atoms with Gasteiger partial charge in [0.15, 0.2) is 9.84 Å². The normalized spacial score (nSPS) is 31.5. The Morgan fingerprint density at radius 3 is 2.31 bits per heavy atom. The summed E-state index contributed by atoms with van der Waals surface area (Å²) in [6.45, 7) is 1.25. The molecule has 0 spiro atoms. The molecule has 1 aliphatic heterocycles. The van der Waals surface area contributed by atoms with E-state index in [-0.39, 0.29) is 11.5 Å². The van der Waals surface area contributed by atoms with Crippen LogP contribution in [-0.2, 0) is 24.1 Å². The SMILES string of the molecule is CO[C@@H]1CS(=O)(=O)C[C@H]1OC(C)=O. The van der Waals surface area contributed by atoms with E-state index in [1.54, 1.807) is 0 Å². The van der Waals surface area contributed by atoms with Crippen molar-refractivity contribution < 1.29 is 22.7 Å². The molecule has 1 fully saturated rings. The first-order chi connectivity index (χ1) is 5.94. The highest BCUT2D eigenvalue weighted by atomic mass is 32.2. The Morgan fingerprint density at radius 1 is 1.31 bits per heavy atom. The molecule has 1 rings (SSSR count). The minimum absolute atomic E-state index is 0.0680. The highest BCUT2D eigenvalue weighted by Gasteiger charge is 2.39. The maximum atomic E-state index is 11.1. The molecule has 0 aliphatic carbocycles. The summed E-state index contributed by atoms with van der Waals surface area (Å²) in [5.41, 5.74) is 0. The Bertz CT molecular complexity index is 294. The quantitative estimate of drug-likeness (QED) is 0.565. The topological polar surface area (TPSA) is 69.7 Å². The van der Waals surface area contributed by atoms with Crippen LogP contribution in [0, 0.1) is 0 Å². The molecule has 0 unspecified atom stereocenters. The van der Waals surface area contributed by atoms with Crippen molar-refractivity contribution in [1.29, 1.82) is 0 Å². The van der Waals surface area contributed by atoms with Crippen molar-refractivity contribution in [3.63, 3.8) is 0 Å². The van der Waals surface area contributed by atoms with Gasteiger partial charge in [0.05, 0.1) is 11.5 Å².